The predicted molar refractivity (Wildman–Crippen MR) is 38.5 cm³/mol. The Morgan fingerprint density at radius 2 is 2.45 bits per heavy atom. The van der Waals surface area contributed by atoms with Crippen LogP contribution in [0.25, 0.3) is 0 Å². The highest BCUT2D eigenvalue weighted by molar-refractivity contribution is 7.71. The number of aromatic amines is 1. The standard InChI is InChI=1S/C5H4N2O3S/c8-3-10-7-2-1-4(9)6-5(7)11/h1-3H,(H,6,9,11). The maximum atomic E-state index is 10.6. The van der Waals surface area contributed by atoms with Crippen molar-refractivity contribution in [3.05, 3.63) is 27.4 Å². The Labute approximate surface area is 66.2 Å². The summed E-state index contributed by atoms with van der Waals surface area (Å²) in [5, 5.41) is 0. The van der Waals surface area contributed by atoms with Crippen molar-refractivity contribution in [3.8, 4) is 0 Å². The Hall–Kier alpha value is -1.43. The van der Waals surface area contributed by atoms with E-state index in [2.05, 4.69) is 22.0 Å². The largest absolute Gasteiger partial charge is 0.338 e. The summed E-state index contributed by atoms with van der Waals surface area (Å²) < 4.78 is 1.02. The first-order valence-corrected chi connectivity index (χ1v) is 3.07. The second-order valence-corrected chi connectivity index (χ2v) is 2.02. The molecule has 0 atom stereocenters. The van der Waals surface area contributed by atoms with Gasteiger partial charge in [0.15, 0.2) is 0 Å². The van der Waals surface area contributed by atoms with Gasteiger partial charge in [-0.25, -0.2) is 0 Å². The molecule has 1 aromatic heterocycles. The molecule has 5 nitrogen and oxygen atoms in total. The molecule has 0 radical (unpaired) electrons. The predicted octanol–water partition coefficient (Wildman–Crippen LogP) is -0.509. The molecule has 0 bridgehead atoms. The van der Waals surface area contributed by atoms with Crippen molar-refractivity contribution < 1.29 is 9.63 Å². The molecule has 0 spiro atoms. The van der Waals surface area contributed by atoms with Gasteiger partial charge in [-0.3, -0.25) is 14.6 Å². The zero-order chi connectivity index (χ0) is 8.27. The molecule has 0 aliphatic heterocycles. The normalized spacial score (nSPS) is 9.09. The molecule has 0 unspecified atom stereocenters. The van der Waals surface area contributed by atoms with E-state index in [0.717, 1.165) is 4.73 Å². The molecular weight excluding hydrogens is 168 g/mol. The van der Waals surface area contributed by atoms with Gasteiger partial charge >= 0.3 is 6.47 Å². The molecule has 0 saturated heterocycles. The lowest BCUT2D eigenvalue weighted by Gasteiger charge is -1.98. The van der Waals surface area contributed by atoms with Gasteiger partial charge in [0.2, 0.25) is 4.77 Å². The van der Waals surface area contributed by atoms with Gasteiger partial charge in [0.25, 0.3) is 5.56 Å². The van der Waals surface area contributed by atoms with E-state index in [-0.39, 0.29) is 16.8 Å². The third-order valence-electron chi connectivity index (χ3n) is 0.948. The van der Waals surface area contributed by atoms with Crippen molar-refractivity contribution in [1.29, 1.82) is 0 Å². The quantitative estimate of drug-likeness (QED) is 0.482. The minimum Gasteiger partial charge on any atom is -0.338 e. The fourth-order valence-electron chi connectivity index (χ4n) is 0.535. The number of nitrogens with zero attached hydrogens (tertiary/aromatic N) is 1. The highest BCUT2D eigenvalue weighted by Gasteiger charge is 1.89. The van der Waals surface area contributed by atoms with Gasteiger partial charge in [-0.05, 0) is 12.2 Å². The molecule has 0 saturated carbocycles. The van der Waals surface area contributed by atoms with Crippen LogP contribution in [0.2, 0.25) is 0 Å². The van der Waals surface area contributed by atoms with E-state index in [9.17, 15) is 9.59 Å². The van der Waals surface area contributed by atoms with Crippen LogP contribution >= 0.6 is 12.2 Å². The average Bonchev–Trinajstić information content (AvgIpc) is 1.95. The molecule has 0 aromatic carbocycles. The Bertz CT molecular complexity index is 366. The maximum Gasteiger partial charge on any atom is 0.321 e. The van der Waals surface area contributed by atoms with Crippen LogP contribution < -0.4 is 10.4 Å². The summed E-state index contributed by atoms with van der Waals surface area (Å²) in [4.78, 5) is 27.0. The van der Waals surface area contributed by atoms with Gasteiger partial charge in [0, 0.05) is 6.07 Å². The minimum absolute atomic E-state index is 0.0459. The zero-order valence-corrected chi connectivity index (χ0v) is 6.13. The number of nitrogens with one attached hydrogen (secondary N) is 1. The van der Waals surface area contributed by atoms with E-state index in [1.165, 1.54) is 12.3 Å². The maximum absolute atomic E-state index is 10.6. The summed E-state index contributed by atoms with van der Waals surface area (Å²) >= 11 is 4.63. The molecule has 0 fully saturated rings. The number of hydrogen-bond acceptors (Lipinski definition) is 4. The summed E-state index contributed by atoms with van der Waals surface area (Å²) in [5.41, 5.74) is -0.333. The number of carbonyl (C=O) groups is 1. The first-order valence-electron chi connectivity index (χ1n) is 2.67. The summed E-state index contributed by atoms with van der Waals surface area (Å²) in [6.07, 6.45) is 1.26. The van der Waals surface area contributed by atoms with E-state index in [1.807, 2.05) is 0 Å². The number of rotatable bonds is 2. The van der Waals surface area contributed by atoms with Crippen molar-refractivity contribution in [2.75, 3.05) is 0 Å². The van der Waals surface area contributed by atoms with Crippen molar-refractivity contribution in [2.45, 2.75) is 0 Å². The summed E-state index contributed by atoms with van der Waals surface area (Å²) in [7, 11) is 0. The van der Waals surface area contributed by atoms with E-state index < -0.39 is 0 Å². The summed E-state index contributed by atoms with van der Waals surface area (Å²) in [6.45, 7) is 0.216. The zero-order valence-electron chi connectivity index (χ0n) is 5.31. The van der Waals surface area contributed by atoms with E-state index in [4.69, 9.17) is 0 Å². The van der Waals surface area contributed by atoms with Crippen LogP contribution in [0.5, 0.6) is 0 Å². The summed E-state index contributed by atoms with van der Waals surface area (Å²) in [6, 6.07) is 1.19. The molecule has 0 aliphatic carbocycles. The van der Waals surface area contributed by atoms with Crippen LogP contribution in [-0.4, -0.2) is 16.2 Å². The number of H-pyrrole nitrogens is 1. The van der Waals surface area contributed by atoms with Gasteiger partial charge in [-0.2, -0.15) is 4.73 Å². The highest BCUT2D eigenvalue weighted by atomic mass is 32.1. The van der Waals surface area contributed by atoms with Gasteiger partial charge in [-0.15, -0.1) is 0 Å². The highest BCUT2D eigenvalue weighted by Crippen LogP contribution is 1.78. The lowest BCUT2D eigenvalue weighted by Crippen LogP contribution is -2.16. The van der Waals surface area contributed by atoms with Gasteiger partial charge in [-0.1, -0.05) is 0 Å². The summed E-state index contributed by atoms with van der Waals surface area (Å²) in [5.74, 6) is 0. The van der Waals surface area contributed by atoms with Gasteiger partial charge in [0.05, 0.1) is 6.20 Å². The average molecular weight is 172 g/mol. The van der Waals surface area contributed by atoms with Gasteiger partial charge < -0.3 is 4.84 Å². The van der Waals surface area contributed by atoms with E-state index in [0.29, 0.717) is 0 Å². The third kappa shape index (κ3) is 1.74. The second kappa shape index (κ2) is 3.11. The molecule has 1 heterocycles. The Kier molecular flexibility index (Phi) is 2.17. The molecule has 11 heavy (non-hydrogen) atoms. The molecular formula is C5H4N2O3S. The molecule has 0 aliphatic rings. The lowest BCUT2D eigenvalue weighted by molar-refractivity contribution is -0.129. The van der Waals surface area contributed by atoms with Crippen LogP contribution in [0.1, 0.15) is 0 Å². The number of hydrogen-bond donors (Lipinski definition) is 1. The topological polar surface area (TPSA) is 64.1 Å². The van der Waals surface area contributed by atoms with E-state index in [1.54, 1.807) is 0 Å². The van der Waals surface area contributed by atoms with Crippen LogP contribution in [0.15, 0.2) is 17.1 Å². The first-order chi connectivity index (χ1) is 5.24. The van der Waals surface area contributed by atoms with Crippen molar-refractivity contribution in [3.63, 3.8) is 0 Å². The fraction of sp³-hybridized carbons (Fsp3) is 0. The molecule has 6 heteroatoms. The van der Waals surface area contributed by atoms with Gasteiger partial charge in [0.1, 0.15) is 0 Å². The van der Waals surface area contributed by atoms with Crippen molar-refractivity contribution in [1.82, 2.24) is 9.71 Å². The number of aromatic nitrogens is 2. The third-order valence-corrected chi connectivity index (χ3v) is 1.23. The molecule has 1 N–H and O–H groups in total. The van der Waals surface area contributed by atoms with Crippen LogP contribution in [0.3, 0.4) is 0 Å². The smallest absolute Gasteiger partial charge is 0.321 e. The first kappa shape index (κ1) is 7.67. The van der Waals surface area contributed by atoms with Crippen LogP contribution in [0.4, 0.5) is 0 Å². The lowest BCUT2D eigenvalue weighted by atomic mass is 10.7. The molecule has 0 amide bonds. The molecule has 1 aromatic rings. The number of carbonyl (C=O) groups excluding carboxylic acids is 1. The Balaban J connectivity index is 3.19. The van der Waals surface area contributed by atoms with E-state index >= 15 is 0 Å². The monoisotopic (exact) mass is 172 g/mol. The second-order valence-electron chi connectivity index (χ2n) is 1.64. The minimum atomic E-state index is -0.333. The van der Waals surface area contributed by atoms with Crippen molar-refractivity contribution in [2.24, 2.45) is 0 Å². The fourth-order valence-corrected chi connectivity index (χ4v) is 0.739. The Morgan fingerprint density at radius 1 is 1.73 bits per heavy atom. The van der Waals surface area contributed by atoms with Crippen LogP contribution in [-0.2, 0) is 4.79 Å². The SMILES string of the molecule is O=COn1ccc(=O)[nH]c1=S. The van der Waals surface area contributed by atoms with Crippen LogP contribution in [0, 0.1) is 4.77 Å². The molecule has 1 rings (SSSR count). The Morgan fingerprint density at radius 3 is 3.00 bits per heavy atom. The molecule has 58 valence electrons. The van der Waals surface area contributed by atoms with Crippen molar-refractivity contribution >= 4 is 18.7 Å².